The first-order valence-electron chi connectivity index (χ1n) is 2.04. The largest absolute Gasteiger partial charge is 4.00 e. The van der Waals surface area contributed by atoms with E-state index >= 15 is 0 Å². The van der Waals surface area contributed by atoms with Crippen molar-refractivity contribution in [3.63, 3.8) is 0 Å². The topological polar surface area (TPSA) is 278 Å². The number of hydrogen-bond acceptors (Lipinski definition) is 4. The zero-order chi connectivity index (χ0) is 6.99. The van der Waals surface area contributed by atoms with Gasteiger partial charge >= 0.3 is 58.9 Å². The van der Waals surface area contributed by atoms with Crippen LogP contribution < -0.4 is 5.11 Å². The maximum Gasteiger partial charge on any atom is 4.00 e. The standard InChI is InChI=1S/C3H7O.NO3.6H2O.Y.Zr/c1-2-3-4;2-1(3)4;;;;;;;;/h2-3H2,1H3;;6*1H2;;/q2*-1;;;;;;;+3;+4. The molecule has 0 bridgehead atoms. The summed E-state index contributed by atoms with van der Waals surface area (Å²) in [6, 6.07) is 0. The van der Waals surface area contributed by atoms with Crippen LogP contribution in [0.25, 0.3) is 0 Å². The van der Waals surface area contributed by atoms with Crippen LogP contribution in [0, 0.1) is 15.3 Å². The Hall–Kier alpha value is 0.907. The van der Waals surface area contributed by atoms with Crippen molar-refractivity contribution in [2.45, 2.75) is 13.3 Å². The first-order chi connectivity index (χ1) is 3.65. The Kier molecular flexibility index (Phi) is 568. The van der Waals surface area contributed by atoms with Crippen LogP contribution >= 0.6 is 0 Å². The van der Waals surface area contributed by atoms with Crippen LogP contribution in [0.3, 0.4) is 0 Å². The van der Waals surface area contributed by atoms with Gasteiger partial charge in [0.25, 0.3) is 0 Å². The average molecular weight is 409 g/mol. The molecule has 13 heteroatoms. The summed E-state index contributed by atoms with van der Waals surface area (Å²) < 4.78 is 0. The number of hydrogen-bond donors (Lipinski definition) is 0. The van der Waals surface area contributed by atoms with Crippen LogP contribution in [0.4, 0.5) is 0 Å². The molecule has 0 spiro atoms. The maximum absolute atomic E-state index is 9.30. The van der Waals surface area contributed by atoms with Gasteiger partial charge in [0, 0.05) is 0 Å². The van der Waals surface area contributed by atoms with Crippen molar-refractivity contribution in [2.75, 3.05) is 6.61 Å². The fraction of sp³-hybridized carbons (Fsp3) is 1.00. The van der Waals surface area contributed by atoms with Gasteiger partial charge in [0.05, 0.1) is 5.09 Å². The van der Waals surface area contributed by atoms with Gasteiger partial charge in [-0.05, 0) is 0 Å². The second-order valence-corrected chi connectivity index (χ2v) is 0.928. The third-order valence-electron chi connectivity index (χ3n) is 0.204. The zero-order valence-electron chi connectivity index (χ0n) is 8.57. The predicted octanol–water partition coefficient (Wildman–Crippen LogP) is -5.44. The minimum Gasteiger partial charge on any atom is -0.854 e. The average Bonchev–Trinajstić information content (AvgIpc) is 1.65. The Bertz CT molecular complexity index is 64.0. The predicted molar refractivity (Wildman–Crippen MR) is 47.2 cm³/mol. The molecular formula is C3H19NO10YZr+5. The van der Waals surface area contributed by atoms with Gasteiger partial charge < -0.3 is 53.3 Å². The monoisotopic (exact) mass is 408 g/mol. The van der Waals surface area contributed by atoms with E-state index < -0.39 is 5.09 Å². The summed E-state index contributed by atoms with van der Waals surface area (Å²) in [6.07, 6.45) is 0.764. The van der Waals surface area contributed by atoms with Crippen LogP contribution in [0.1, 0.15) is 13.3 Å². The molecular weight excluding hydrogens is 390 g/mol. The van der Waals surface area contributed by atoms with Crippen LogP contribution in [-0.2, 0) is 58.9 Å². The Balaban J connectivity index is -0.00000000375. The van der Waals surface area contributed by atoms with Crippen LogP contribution in [0.5, 0.6) is 0 Å². The molecule has 0 aromatic carbocycles. The molecule has 16 heavy (non-hydrogen) atoms. The van der Waals surface area contributed by atoms with E-state index in [0.717, 1.165) is 6.42 Å². The zero-order valence-corrected chi connectivity index (χ0v) is 13.9. The second-order valence-electron chi connectivity index (χ2n) is 0.928. The van der Waals surface area contributed by atoms with Crippen LogP contribution in [-0.4, -0.2) is 44.6 Å². The minimum absolute atomic E-state index is 0. The van der Waals surface area contributed by atoms with Gasteiger partial charge in [-0.25, -0.2) is 0 Å². The van der Waals surface area contributed by atoms with Crippen molar-refractivity contribution in [1.82, 2.24) is 0 Å². The molecule has 0 unspecified atom stereocenters. The third kappa shape index (κ3) is 793. The van der Waals surface area contributed by atoms with Gasteiger partial charge in [-0.15, -0.1) is 6.61 Å². The normalized spacial score (nSPS) is 3.38. The van der Waals surface area contributed by atoms with Gasteiger partial charge in [0.2, 0.25) is 0 Å². The number of nitrogens with zero attached hydrogens (tertiary/aromatic N) is 1. The molecule has 0 saturated heterocycles. The molecule has 0 rings (SSSR count). The molecule has 0 amide bonds. The fourth-order valence-corrected chi connectivity index (χ4v) is 0. The summed E-state index contributed by atoms with van der Waals surface area (Å²) in [5.74, 6) is 0. The Morgan fingerprint density at radius 2 is 1.00 bits per heavy atom. The van der Waals surface area contributed by atoms with Crippen molar-refractivity contribution in [3.05, 3.63) is 15.3 Å². The first-order valence-corrected chi connectivity index (χ1v) is 2.04. The molecule has 12 N–H and O–H groups in total. The molecule has 0 aromatic rings. The first kappa shape index (κ1) is 89.7. The van der Waals surface area contributed by atoms with Gasteiger partial charge in [-0.3, -0.25) is 0 Å². The molecule has 0 saturated carbocycles. The van der Waals surface area contributed by atoms with Crippen molar-refractivity contribution >= 4 is 0 Å². The molecule has 0 aromatic heterocycles. The molecule has 11 nitrogen and oxygen atoms in total. The molecule has 0 aliphatic carbocycles. The summed E-state index contributed by atoms with van der Waals surface area (Å²) in [7, 11) is 0. The summed E-state index contributed by atoms with van der Waals surface area (Å²) in [4.78, 5) is 8.25. The van der Waals surface area contributed by atoms with Crippen molar-refractivity contribution in [2.24, 2.45) is 0 Å². The van der Waals surface area contributed by atoms with E-state index in [1.165, 1.54) is 0 Å². The van der Waals surface area contributed by atoms with Crippen molar-refractivity contribution < 1.29 is 102 Å². The van der Waals surface area contributed by atoms with Gasteiger partial charge in [0.15, 0.2) is 0 Å². The molecule has 98 valence electrons. The van der Waals surface area contributed by atoms with Crippen molar-refractivity contribution in [1.29, 1.82) is 0 Å². The molecule has 0 aliphatic rings. The molecule has 0 atom stereocenters. The van der Waals surface area contributed by atoms with Gasteiger partial charge in [0.1, 0.15) is 0 Å². The maximum atomic E-state index is 9.30. The summed E-state index contributed by atoms with van der Waals surface area (Å²) in [5, 5.41) is 24.0. The van der Waals surface area contributed by atoms with Crippen LogP contribution in [0.2, 0.25) is 0 Å². The van der Waals surface area contributed by atoms with Crippen molar-refractivity contribution in [3.8, 4) is 0 Å². The third-order valence-corrected chi connectivity index (χ3v) is 0.204. The Morgan fingerprint density at radius 3 is 1.00 bits per heavy atom. The van der Waals surface area contributed by atoms with E-state index in [-0.39, 0.29) is 98.4 Å². The Morgan fingerprint density at radius 1 is 0.938 bits per heavy atom. The van der Waals surface area contributed by atoms with E-state index in [0.29, 0.717) is 0 Å². The minimum atomic E-state index is -1.75. The quantitative estimate of drug-likeness (QED) is 0.302. The molecule has 0 aliphatic heterocycles. The SMILES string of the molecule is CCC[O-].O.O.O.O.O.O.O=[N+]([O-])[O-].[Y+3].[Zr+4]. The van der Waals surface area contributed by atoms with E-state index in [4.69, 9.17) is 15.3 Å². The second kappa shape index (κ2) is 101. The molecule has 0 heterocycles. The van der Waals surface area contributed by atoms with E-state index in [9.17, 15) is 5.11 Å². The summed E-state index contributed by atoms with van der Waals surface area (Å²) in [6.45, 7) is 1.94. The van der Waals surface area contributed by atoms with E-state index in [2.05, 4.69) is 0 Å². The van der Waals surface area contributed by atoms with Gasteiger partial charge in [-0.2, -0.15) is 0 Å². The number of rotatable bonds is 1. The van der Waals surface area contributed by atoms with Crippen LogP contribution in [0.15, 0.2) is 0 Å². The van der Waals surface area contributed by atoms with E-state index in [1.807, 2.05) is 6.92 Å². The molecule has 0 radical (unpaired) electrons. The summed E-state index contributed by atoms with van der Waals surface area (Å²) in [5.41, 5.74) is 0. The van der Waals surface area contributed by atoms with E-state index in [1.54, 1.807) is 0 Å². The smallest absolute Gasteiger partial charge is 0.854 e. The summed E-state index contributed by atoms with van der Waals surface area (Å²) >= 11 is 0. The molecule has 0 fully saturated rings. The van der Waals surface area contributed by atoms with Gasteiger partial charge in [-0.1, -0.05) is 13.3 Å². The fourth-order valence-electron chi connectivity index (χ4n) is 0. The Labute approximate surface area is 136 Å².